The molecule has 0 N–H and O–H groups in total. The highest BCUT2D eigenvalue weighted by Crippen LogP contribution is 2.42. The average Bonchev–Trinajstić information content (AvgIpc) is 2.29. The third-order valence-electron chi connectivity index (χ3n) is 1.52. The first-order valence-corrected chi connectivity index (χ1v) is 3.34. The van der Waals surface area contributed by atoms with Crippen molar-refractivity contribution in [3.8, 4) is 0 Å². The maximum atomic E-state index is 10.6. The molecule has 48 valence electrons. The van der Waals surface area contributed by atoms with Crippen LogP contribution in [0.15, 0.2) is 10.2 Å². The molecule has 0 amide bonds. The monoisotopic (exact) mass is 189 g/mol. The minimum Gasteiger partial charge on any atom is -0.431 e. The lowest BCUT2D eigenvalue weighted by molar-refractivity contribution is -0.139. The van der Waals surface area contributed by atoms with E-state index in [0.29, 0.717) is 4.48 Å². The quantitative estimate of drug-likeness (QED) is 0.409. The van der Waals surface area contributed by atoms with Crippen LogP contribution in [-0.2, 0) is 9.53 Å². The highest BCUT2D eigenvalue weighted by atomic mass is 79.9. The van der Waals surface area contributed by atoms with E-state index >= 15 is 0 Å². The molecule has 0 aromatic rings. The van der Waals surface area contributed by atoms with Gasteiger partial charge in [0.1, 0.15) is 10.2 Å². The predicted octanol–water partition coefficient (Wildman–Crippen LogP) is 0.421. The average molecular weight is 190 g/mol. The second-order valence-corrected chi connectivity index (χ2v) is 2.86. The predicted molar refractivity (Wildman–Crippen MR) is 33.6 cm³/mol. The van der Waals surface area contributed by atoms with Gasteiger partial charge in [0.15, 0.2) is 0 Å². The normalized spacial score (nSPS) is 30.7. The van der Waals surface area contributed by atoms with Gasteiger partial charge in [0, 0.05) is 7.05 Å². The number of nitrogens with zero attached hydrogens (tertiary/aromatic N) is 1. The van der Waals surface area contributed by atoms with E-state index in [2.05, 4.69) is 15.9 Å². The van der Waals surface area contributed by atoms with Crippen molar-refractivity contribution in [2.75, 3.05) is 7.05 Å². The number of ether oxygens (including phenoxy) is 1. The molecular weight excluding hydrogens is 186 g/mol. The molecule has 2 aliphatic heterocycles. The summed E-state index contributed by atoms with van der Waals surface area (Å²) in [4.78, 5) is 12.5. The Morgan fingerprint density at radius 3 is 2.78 bits per heavy atom. The van der Waals surface area contributed by atoms with E-state index in [9.17, 15) is 4.79 Å². The molecular formula is C5H4BrNO2. The van der Waals surface area contributed by atoms with Crippen LogP contribution in [0.1, 0.15) is 0 Å². The highest BCUT2D eigenvalue weighted by molar-refractivity contribution is 9.12. The second kappa shape index (κ2) is 1.31. The molecule has 1 saturated heterocycles. The second-order valence-electron chi connectivity index (χ2n) is 2.07. The van der Waals surface area contributed by atoms with Crippen molar-refractivity contribution in [2.45, 2.75) is 6.23 Å². The number of esters is 1. The van der Waals surface area contributed by atoms with Crippen LogP contribution < -0.4 is 0 Å². The number of carbonyl (C=O) groups excluding carboxylic acids is 1. The van der Waals surface area contributed by atoms with Crippen LogP contribution in [0.25, 0.3) is 0 Å². The van der Waals surface area contributed by atoms with Gasteiger partial charge >= 0.3 is 5.97 Å². The van der Waals surface area contributed by atoms with Crippen LogP contribution in [0.4, 0.5) is 0 Å². The van der Waals surface area contributed by atoms with Crippen LogP contribution in [-0.4, -0.2) is 24.1 Å². The molecule has 2 heterocycles. The summed E-state index contributed by atoms with van der Waals surface area (Å²) in [7, 11) is 1.88. The fourth-order valence-corrected chi connectivity index (χ4v) is 1.49. The maximum Gasteiger partial charge on any atom is 0.349 e. The van der Waals surface area contributed by atoms with Gasteiger partial charge in [-0.1, -0.05) is 0 Å². The largest absolute Gasteiger partial charge is 0.431 e. The fraction of sp³-hybridized carbons (Fsp3) is 0.400. The van der Waals surface area contributed by atoms with Crippen LogP contribution >= 0.6 is 15.9 Å². The van der Waals surface area contributed by atoms with E-state index in [-0.39, 0.29) is 12.2 Å². The van der Waals surface area contributed by atoms with Gasteiger partial charge in [-0.05, 0) is 15.9 Å². The number of fused-ring (bicyclic) bond motifs is 1. The Bertz CT molecular complexity index is 223. The van der Waals surface area contributed by atoms with E-state index in [1.165, 1.54) is 0 Å². The Balaban J connectivity index is 2.40. The molecule has 3 nitrogen and oxygen atoms in total. The molecule has 1 unspecified atom stereocenters. The number of likely N-dealkylation sites (N-methyl/N-ethyl adjacent to an activating group) is 1. The van der Waals surface area contributed by atoms with Gasteiger partial charge < -0.3 is 9.64 Å². The van der Waals surface area contributed by atoms with Gasteiger partial charge in [-0.25, -0.2) is 4.79 Å². The summed E-state index contributed by atoms with van der Waals surface area (Å²) in [5.41, 5.74) is 0.972. The van der Waals surface area contributed by atoms with Crippen molar-refractivity contribution in [3.63, 3.8) is 0 Å². The van der Waals surface area contributed by atoms with Crippen LogP contribution in [0.2, 0.25) is 0 Å². The zero-order chi connectivity index (χ0) is 6.59. The Morgan fingerprint density at radius 2 is 2.44 bits per heavy atom. The molecule has 9 heavy (non-hydrogen) atoms. The van der Waals surface area contributed by atoms with Crippen LogP contribution in [0.5, 0.6) is 0 Å². The molecule has 2 rings (SSSR count). The van der Waals surface area contributed by atoms with Gasteiger partial charge in [-0.3, -0.25) is 0 Å². The minimum atomic E-state index is -0.242. The molecule has 0 saturated carbocycles. The zero-order valence-corrected chi connectivity index (χ0v) is 6.31. The number of rotatable bonds is 0. The minimum absolute atomic E-state index is 0.0492. The number of hydrogen-bond acceptors (Lipinski definition) is 3. The standard InChI is InChI=1S/C5H4BrNO2/c1-7-3-2(6)5(8)9-4(3)7/h4H,1H3. The van der Waals surface area contributed by atoms with E-state index in [1.807, 2.05) is 11.9 Å². The van der Waals surface area contributed by atoms with Gasteiger partial charge in [-0.2, -0.15) is 0 Å². The SMILES string of the molecule is CN1C2=C(Br)C(=O)OC21. The van der Waals surface area contributed by atoms with Gasteiger partial charge in [0.25, 0.3) is 0 Å². The van der Waals surface area contributed by atoms with Crippen molar-refractivity contribution in [1.29, 1.82) is 0 Å². The maximum absolute atomic E-state index is 10.6. The van der Waals surface area contributed by atoms with Crippen molar-refractivity contribution in [3.05, 3.63) is 10.2 Å². The van der Waals surface area contributed by atoms with Crippen LogP contribution in [0.3, 0.4) is 0 Å². The van der Waals surface area contributed by atoms with Crippen LogP contribution in [0, 0.1) is 0 Å². The molecule has 0 spiro atoms. The molecule has 2 aliphatic rings. The van der Waals surface area contributed by atoms with Crippen molar-refractivity contribution < 1.29 is 9.53 Å². The zero-order valence-electron chi connectivity index (χ0n) is 4.72. The van der Waals surface area contributed by atoms with Crippen molar-refractivity contribution >= 4 is 21.9 Å². The molecule has 1 fully saturated rings. The summed E-state index contributed by atoms with van der Waals surface area (Å²) in [5.74, 6) is -0.242. The topological polar surface area (TPSA) is 29.3 Å². The van der Waals surface area contributed by atoms with E-state index in [4.69, 9.17) is 4.74 Å². The molecule has 0 aromatic carbocycles. The molecule has 0 aromatic heterocycles. The fourth-order valence-electron chi connectivity index (χ4n) is 0.920. The summed E-state index contributed by atoms with van der Waals surface area (Å²) in [6.07, 6.45) is -0.0492. The first-order chi connectivity index (χ1) is 4.22. The number of hydrogen-bond donors (Lipinski definition) is 0. The van der Waals surface area contributed by atoms with Crippen molar-refractivity contribution in [1.82, 2.24) is 4.90 Å². The summed E-state index contributed by atoms with van der Waals surface area (Å²) < 4.78 is 5.40. The summed E-state index contributed by atoms with van der Waals surface area (Å²) in [6, 6.07) is 0. The van der Waals surface area contributed by atoms with E-state index < -0.39 is 0 Å². The van der Waals surface area contributed by atoms with Crippen molar-refractivity contribution in [2.24, 2.45) is 0 Å². The summed E-state index contributed by atoms with van der Waals surface area (Å²) in [6.45, 7) is 0. The van der Waals surface area contributed by atoms with Gasteiger partial charge in [0.05, 0.1) is 0 Å². The smallest absolute Gasteiger partial charge is 0.349 e. The Hall–Kier alpha value is -0.510. The Kier molecular flexibility index (Phi) is 0.773. The molecule has 4 heteroatoms. The molecule has 0 bridgehead atoms. The summed E-state index contributed by atoms with van der Waals surface area (Å²) in [5, 5.41) is 0. The van der Waals surface area contributed by atoms with Gasteiger partial charge in [0.2, 0.25) is 6.23 Å². The number of carbonyl (C=O) groups is 1. The highest BCUT2D eigenvalue weighted by Gasteiger charge is 2.50. The lowest BCUT2D eigenvalue weighted by atomic mass is 10.6. The third-order valence-corrected chi connectivity index (χ3v) is 2.25. The van der Waals surface area contributed by atoms with Gasteiger partial charge in [-0.15, -0.1) is 0 Å². The Labute approximate surface area is 60.4 Å². The lowest BCUT2D eigenvalue weighted by Gasteiger charge is -1.97. The van der Waals surface area contributed by atoms with E-state index in [0.717, 1.165) is 5.70 Å². The van der Waals surface area contributed by atoms with E-state index in [1.54, 1.807) is 0 Å². The molecule has 1 atom stereocenters. The lowest BCUT2D eigenvalue weighted by Crippen LogP contribution is -2.07. The molecule has 0 aliphatic carbocycles. The summed E-state index contributed by atoms with van der Waals surface area (Å²) >= 11 is 3.11. The number of halogens is 1. The Morgan fingerprint density at radius 1 is 1.78 bits per heavy atom. The first-order valence-electron chi connectivity index (χ1n) is 2.55. The first kappa shape index (κ1) is 5.29. The third kappa shape index (κ3) is 0.489. The molecule has 0 radical (unpaired) electrons.